The van der Waals surface area contributed by atoms with E-state index in [0.29, 0.717) is 5.56 Å². The van der Waals surface area contributed by atoms with Crippen molar-refractivity contribution in [2.75, 3.05) is 17.6 Å². The molecule has 6 nitrogen and oxygen atoms in total. The normalized spacial score (nSPS) is 15.6. The van der Waals surface area contributed by atoms with E-state index in [-0.39, 0.29) is 25.0 Å². The van der Waals surface area contributed by atoms with Crippen molar-refractivity contribution in [3.8, 4) is 0 Å². The summed E-state index contributed by atoms with van der Waals surface area (Å²) in [7, 11) is 0. The van der Waals surface area contributed by atoms with Gasteiger partial charge in [-0.2, -0.15) is 11.8 Å². The van der Waals surface area contributed by atoms with Gasteiger partial charge in [-0.25, -0.2) is 18.4 Å². The van der Waals surface area contributed by atoms with Crippen molar-refractivity contribution >= 4 is 17.7 Å². The topological polar surface area (TPSA) is 75.0 Å². The lowest BCUT2D eigenvalue weighted by Crippen LogP contribution is -2.44. The van der Waals surface area contributed by atoms with Crippen LogP contribution in [0.5, 0.6) is 0 Å². The highest BCUT2D eigenvalue weighted by atomic mass is 32.2. The Balaban J connectivity index is 1.22. The van der Waals surface area contributed by atoms with Gasteiger partial charge in [0.1, 0.15) is 23.5 Å². The summed E-state index contributed by atoms with van der Waals surface area (Å²) in [4.78, 5) is 4.71. The summed E-state index contributed by atoms with van der Waals surface area (Å²) in [6, 6.07) is 40.0. The number of nitrogens with zero attached hydrogens (tertiary/aromatic N) is 3. The van der Waals surface area contributed by atoms with E-state index in [4.69, 9.17) is 10.1 Å². The van der Waals surface area contributed by atoms with Gasteiger partial charge in [0.2, 0.25) is 5.95 Å². The predicted molar refractivity (Wildman–Crippen MR) is 201 cm³/mol. The third kappa shape index (κ3) is 7.47. The van der Waals surface area contributed by atoms with Crippen LogP contribution >= 0.6 is 11.8 Å². The SMILES string of the molecule is CCc1ccc2c(c1)C(NCC(O)C(Cc1cc(F)cc(F)c1)Nc1ncn(C(c3ccccc3)(c3ccccc3)c3ccccc3)n1)CSC2. The quantitative estimate of drug-likeness (QED) is 0.106. The van der Waals surface area contributed by atoms with E-state index in [9.17, 15) is 13.9 Å². The number of aliphatic hydroxyl groups excluding tert-OH is 1. The van der Waals surface area contributed by atoms with Crippen LogP contribution in [0.1, 0.15) is 51.9 Å². The molecule has 0 saturated heterocycles. The molecule has 6 aromatic rings. The highest BCUT2D eigenvalue weighted by molar-refractivity contribution is 7.98. The zero-order chi connectivity index (χ0) is 35.2. The van der Waals surface area contributed by atoms with Gasteiger partial charge in [-0.15, -0.1) is 5.10 Å². The summed E-state index contributed by atoms with van der Waals surface area (Å²) >= 11 is 1.86. The number of aliphatic hydroxyl groups is 1. The Hall–Kier alpha value is -4.83. The van der Waals surface area contributed by atoms with Crippen LogP contribution in [0.2, 0.25) is 0 Å². The highest BCUT2D eigenvalue weighted by Crippen LogP contribution is 2.40. The molecule has 5 aromatic carbocycles. The molecule has 1 aliphatic rings. The molecular formula is C42H41F2N5OS. The smallest absolute Gasteiger partial charge is 0.242 e. The molecule has 3 unspecified atom stereocenters. The van der Waals surface area contributed by atoms with E-state index in [1.54, 1.807) is 6.33 Å². The summed E-state index contributed by atoms with van der Waals surface area (Å²) in [6.45, 7) is 2.40. The molecule has 9 heteroatoms. The second kappa shape index (κ2) is 15.6. The monoisotopic (exact) mass is 701 g/mol. The molecule has 0 amide bonds. The van der Waals surface area contributed by atoms with Crippen LogP contribution in [0.4, 0.5) is 14.7 Å². The second-order valence-electron chi connectivity index (χ2n) is 13.0. The molecule has 1 aromatic heterocycles. The molecule has 0 radical (unpaired) electrons. The predicted octanol–water partition coefficient (Wildman–Crippen LogP) is 7.92. The maximum absolute atomic E-state index is 14.4. The Morgan fingerprint density at radius 3 is 2.02 bits per heavy atom. The number of benzene rings is 5. The Morgan fingerprint density at radius 2 is 1.43 bits per heavy atom. The molecule has 2 heterocycles. The minimum atomic E-state index is -0.949. The van der Waals surface area contributed by atoms with Crippen molar-refractivity contribution in [2.45, 2.75) is 49.2 Å². The summed E-state index contributed by atoms with van der Waals surface area (Å²) in [5.41, 5.74) is 6.36. The molecular weight excluding hydrogens is 661 g/mol. The number of aryl methyl sites for hydroxylation is 1. The van der Waals surface area contributed by atoms with Crippen LogP contribution in [-0.4, -0.2) is 44.3 Å². The molecule has 7 rings (SSSR count). The first-order valence-corrected chi connectivity index (χ1v) is 18.5. The first-order valence-electron chi connectivity index (χ1n) is 17.3. The van der Waals surface area contributed by atoms with E-state index < -0.39 is 29.3 Å². The lowest BCUT2D eigenvalue weighted by Gasteiger charge is -2.35. The van der Waals surface area contributed by atoms with Gasteiger partial charge in [-0.1, -0.05) is 116 Å². The van der Waals surface area contributed by atoms with Crippen molar-refractivity contribution in [3.05, 3.63) is 184 Å². The van der Waals surface area contributed by atoms with Crippen LogP contribution in [-0.2, 0) is 24.1 Å². The van der Waals surface area contributed by atoms with Gasteiger partial charge >= 0.3 is 0 Å². The number of nitrogens with one attached hydrogen (secondary N) is 2. The van der Waals surface area contributed by atoms with Crippen LogP contribution in [0.25, 0.3) is 0 Å². The van der Waals surface area contributed by atoms with Gasteiger partial charge in [0.25, 0.3) is 0 Å². The third-order valence-electron chi connectivity index (χ3n) is 9.68. The molecule has 1 aliphatic heterocycles. The van der Waals surface area contributed by atoms with Crippen molar-refractivity contribution < 1.29 is 13.9 Å². The first-order chi connectivity index (χ1) is 24.9. The molecule has 0 bridgehead atoms. The highest BCUT2D eigenvalue weighted by Gasteiger charge is 2.40. The largest absolute Gasteiger partial charge is 0.390 e. The number of anilines is 1. The molecule has 3 atom stereocenters. The van der Waals surface area contributed by atoms with Crippen molar-refractivity contribution in [1.82, 2.24) is 20.1 Å². The molecule has 0 fully saturated rings. The number of thioether (sulfide) groups is 1. The summed E-state index contributed by atoms with van der Waals surface area (Å²) in [6.07, 6.45) is 1.84. The van der Waals surface area contributed by atoms with Crippen LogP contribution < -0.4 is 10.6 Å². The number of rotatable bonds is 13. The first kappa shape index (κ1) is 34.6. The van der Waals surface area contributed by atoms with Gasteiger partial charge < -0.3 is 15.7 Å². The van der Waals surface area contributed by atoms with Gasteiger partial charge in [0.15, 0.2) is 0 Å². The minimum Gasteiger partial charge on any atom is -0.390 e. The average Bonchev–Trinajstić information content (AvgIpc) is 3.63. The zero-order valence-corrected chi connectivity index (χ0v) is 29.2. The molecule has 0 spiro atoms. The van der Waals surface area contributed by atoms with Gasteiger partial charge in [0, 0.05) is 30.2 Å². The fraction of sp³-hybridized carbons (Fsp3) is 0.238. The molecule has 3 N–H and O–H groups in total. The Bertz CT molecular complexity index is 1930. The third-order valence-corrected chi connectivity index (χ3v) is 10.8. The van der Waals surface area contributed by atoms with E-state index >= 15 is 0 Å². The standard InChI is InChI=1S/C42H41F2N5OS/c1-2-29-18-19-31-26-51-27-39(37(31)22-29)45-25-40(50)38(23-30-20-35(43)24-36(44)21-30)47-41-46-28-49(48-41)42(32-12-6-3-7-13-32,33-14-8-4-9-15-33)34-16-10-5-11-17-34/h3-22,24,28,38-40,45,50H,2,23,25-27H2,1H3,(H,47,48). The van der Waals surface area contributed by atoms with Crippen LogP contribution in [0.3, 0.4) is 0 Å². The maximum atomic E-state index is 14.4. The van der Waals surface area contributed by atoms with Gasteiger partial charge in [-0.3, -0.25) is 0 Å². The average molecular weight is 702 g/mol. The lowest BCUT2D eigenvalue weighted by molar-refractivity contribution is 0.145. The second-order valence-corrected chi connectivity index (χ2v) is 14.0. The summed E-state index contributed by atoms with van der Waals surface area (Å²) in [5.74, 6) is 0.792. The Kier molecular flexibility index (Phi) is 10.6. The summed E-state index contributed by atoms with van der Waals surface area (Å²) in [5, 5.41) is 23.7. The van der Waals surface area contributed by atoms with E-state index in [1.165, 1.54) is 28.8 Å². The fourth-order valence-electron chi connectivity index (χ4n) is 7.13. The number of aromatic nitrogens is 3. The number of hydrogen-bond acceptors (Lipinski definition) is 6. The molecule has 51 heavy (non-hydrogen) atoms. The number of fused-ring (bicyclic) bond motifs is 1. The fourth-order valence-corrected chi connectivity index (χ4v) is 8.26. The van der Waals surface area contributed by atoms with E-state index in [2.05, 4.69) is 72.2 Å². The van der Waals surface area contributed by atoms with Crippen LogP contribution in [0.15, 0.2) is 134 Å². The van der Waals surface area contributed by atoms with Crippen molar-refractivity contribution in [2.24, 2.45) is 0 Å². The number of halogens is 2. The Labute approximate surface area is 302 Å². The summed E-state index contributed by atoms with van der Waals surface area (Å²) < 4.78 is 30.6. The van der Waals surface area contributed by atoms with Gasteiger partial charge in [-0.05, 0) is 63.9 Å². The lowest BCUT2D eigenvalue weighted by atomic mass is 9.77. The van der Waals surface area contributed by atoms with Crippen molar-refractivity contribution in [1.29, 1.82) is 0 Å². The van der Waals surface area contributed by atoms with Gasteiger partial charge in [0.05, 0.1) is 12.1 Å². The Morgan fingerprint density at radius 1 is 0.824 bits per heavy atom. The molecule has 260 valence electrons. The van der Waals surface area contributed by atoms with E-state index in [0.717, 1.165) is 40.7 Å². The van der Waals surface area contributed by atoms with Crippen LogP contribution in [0, 0.1) is 11.6 Å². The zero-order valence-electron chi connectivity index (χ0n) is 28.4. The minimum absolute atomic E-state index is 0.0627. The molecule has 0 saturated carbocycles. The van der Waals surface area contributed by atoms with Crippen molar-refractivity contribution in [3.63, 3.8) is 0 Å². The number of hydrogen-bond donors (Lipinski definition) is 3. The molecule has 0 aliphatic carbocycles. The maximum Gasteiger partial charge on any atom is 0.242 e. The van der Waals surface area contributed by atoms with E-state index in [1.807, 2.05) is 71.0 Å².